The number of rotatable bonds is 7. The number of hydrogen-bond donors (Lipinski definition) is 2. The molecule has 2 N–H and O–H groups in total. The van der Waals surface area contributed by atoms with E-state index in [-0.39, 0.29) is 36.3 Å². The fourth-order valence-electron chi connectivity index (χ4n) is 3.32. The van der Waals surface area contributed by atoms with Gasteiger partial charge in [0.1, 0.15) is 0 Å². The smallest absolute Gasteiger partial charge is 0.222 e. The highest BCUT2D eigenvalue weighted by Gasteiger charge is 2.38. The second-order valence-corrected chi connectivity index (χ2v) is 7.00. The summed E-state index contributed by atoms with van der Waals surface area (Å²) in [6.07, 6.45) is 3.14. The van der Waals surface area contributed by atoms with E-state index in [1.54, 1.807) is 4.90 Å². The summed E-state index contributed by atoms with van der Waals surface area (Å²) in [4.78, 5) is 25.8. The van der Waals surface area contributed by atoms with Crippen LogP contribution in [0.15, 0.2) is 30.3 Å². The lowest BCUT2D eigenvalue weighted by Crippen LogP contribution is -2.45. The van der Waals surface area contributed by atoms with Crippen molar-refractivity contribution >= 4 is 11.8 Å². The maximum atomic E-state index is 12.3. The van der Waals surface area contributed by atoms with Crippen molar-refractivity contribution in [3.8, 4) is 0 Å². The van der Waals surface area contributed by atoms with Gasteiger partial charge in [-0.25, -0.2) is 0 Å². The molecule has 24 heavy (non-hydrogen) atoms. The molecule has 5 nitrogen and oxygen atoms in total. The first-order valence-corrected chi connectivity index (χ1v) is 8.64. The number of hydrogen-bond acceptors (Lipinski definition) is 3. The summed E-state index contributed by atoms with van der Waals surface area (Å²) in [6, 6.07) is 9.79. The average Bonchev–Trinajstić information content (AvgIpc) is 2.93. The van der Waals surface area contributed by atoms with E-state index in [0.29, 0.717) is 13.1 Å². The maximum absolute atomic E-state index is 12.3. The Balaban J connectivity index is 1.85. The summed E-state index contributed by atoms with van der Waals surface area (Å²) in [5, 5.41) is 12.6. The molecule has 1 saturated carbocycles. The van der Waals surface area contributed by atoms with Crippen molar-refractivity contribution in [1.29, 1.82) is 0 Å². The van der Waals surface area contributed by atoms with Gasteiger partial charge in [0.15, 0.2) is 0 Å². The van der Waals surface area contributed by atoms with Gasteiger partial charge >= 0.3 is 0 Å². The van der Waals surface area contributed by atoms with Gasteiger partial charge < -0.3 is 15.3 Å². The van der Waals surface area contributed by atoms with Crippen molar-refractivity contribution in [2.45, 2.75) is 52.1 Å². The van der Waals surface area contributed by atoms with Crippen LogP contribution in [-0.4, -0.2) is 41.0 Å². The van der Waals surface area contributed by atoms with Crippen molar-refractivity contribution < 1.29 is 14.7 Å². The molecule has 132 valence electrons. The van der Waals surface area contributed by atoms with E-state index in [4.69, 9.17) is 0 Å². The van der Waals surface area contributed by atoms with Gasteiger partial charge in [-0.3, -0.25) is 9.59 Å². The zero-order valence-corrected chi connectivity index (χ0v) is 14.6. The number of aliphatic hydroxyl groups excluding tert-OH is 1. The monoisotopic (exact) mass is 332 g/mol. The Hall–Kier alpha value is -1.88. The summed E-state index contributed by atoms with van der Waals surface area (Å²) in [7, 11) is 0. The Morgan fingerprint density at radius 2 is 2.04 bits per heavy atom. The summed E-state index contributed by atoms with van der Waals surface area (Å²) >= 11 is 0. The van der Waals surface area contributed by atoms with E-state index in [1.807, 2.05) is 37.3 Å². The quantitative estimate of drug-likeness (QED) is 0.803. The molecule has 1 aromatic rings. The molecule has 2 rings (SSSR count). The van der Waals surface area contributed by atoms with Crippen molar-refractivity contribution in [2.24, 2.45) is 5.41 Å². The average molecular weight is 332 g/mol. The number of benzene rings is 1. The van der Waals surface area contributed by atoms with Crippen LogP contribution in [0, 0.1) is 5.41 Å². The van der Waals surface area contributed by atoms with Crippen LogP contribution in [0.3, 0.4) is 0 Å². The first kappa shape index (κ1) is 18.5. The molecule has 2 unspecified atom stereocenters. The molecule has 0 aromatic heterocycles. The molecule has 5 heteroatoms. The standard InChI is InChI=1S/C19H28N2O3/c1-15(23)21(13-16-7-4-3-5-8-16)12-10-18(24)20-17-9-6-11-19(17,2)14-22/h3-5,7-8,17,22H,6,9-14H2,1-2H3,(H,20,24). The molecule has 0 aliphatic heterocycles. The molecular formula is C19H28N2O3. The molecule has 0 saturated heterocycles. The van der Waals surface area contributed by atoms with Gasteiger partial charge in [-0.1, -0.05) is 43.7 Å². The number of nitrogens with zero attached hydrogens (tertiary/aromatic N) is 1. The zero-order chi connectivity index (χ0) is 17.6. The van der Waals surface area contributed by atoms with Crippen LogP contribution in [0.2, 0.25) is 0 Å². The largest absolute Gasteiger partial charge is 0.396 e. The topological polar surface area (TPSA) is 69.6 Å². The van der Waals surface area contributed by atoms with Gasteiger partial charge in [-0.2, -0.15) is 0 Å². The first-order valence-electron chi connectivity index (χ1n) is 8.64. The van der Waals surface area contributed by atoms with Crippen LogP contribution in [0.5, 0.6) is 0 Å². The molecule has 0 spiro atoms. The fraction of sp³-hybridized carbons (Fsp3) is 0.579. The third-order valence-corrected chi connectivity index (χ3v) is 5.05. The SMILES string of the molecule is CC(=O)N(CCC(=O)NC1CCCC1(C)CO)Cc1ccccc1. The molecule has 0 radical (unpaired) electrons. The highest BCUT2D eigenvalue weighted by atomic mass is 16.3. The number of carbonyl (C=O) groups excluding carboxylic acids is 2. The number of amides is 2. The maximum Gasteiger partial charge on any atom is 0.222 e. The van der Waals surface area contributed by atoms with E-state index in [9.17, 15) is 14.7 Å². The molecule has 0 bridgehead atoms. The predicted octanol–water partition coefficient (Wildman–Crippen LogP) is 2.09. The van der Waals surface area contributed by atoms with Gasteiger partial charge in [0.05, 0.1) is 6.61 Å². The first-order chi connectivity index (χ1) is 11.4. The Labute approximate surface area is 144 Å². The molecular weight excluding hydrogens is 304 g/mol. The van der Waals surface area contributed by atoms with Crippen LogP contribution in [-0.2, 0) is 16.1 Å². The van der Waals surface area contributed by atoms with Crippen molar-refractivity contribution in [3.63, 3.8) is 0 Å². The lowest BCUT2D eigenvalue weighted by atomic mass is 9.86. The Morgan fingerprint density at radius 1 is 1.33 bits per heavy atom. The number of aliphatic hydroxyl groups is 1. The van der Waals surface area contributed by atoms with Gasteiger partial charge in [-0.15, -0.1) is 0 Å². The zero-order valence-electron chi connectivity index (χ0n) is 14.6. The van der Waals surface area contributed by atoms with Crippen LogP contribution in [0.4, 0.5) is 0 Å². The van der Waals surface area contributed by atoms with Gasteiger partial charge in [0.2, 0.25) is 11.8 Å². The second kappa shape index (κ2) is 8.29. The van der Waals surface area contributed by atoms with Gasteiger partial charge in [0.25, 0.3) is 0 Å². The van der Waals surface area contributed by atoms with E-state index in [1.165, 1.54) is 6.92 Å². The molecule has 1 aliphatic carbocycles. The van der Waals surface area contributed by atoms with E-state index in [0.717, 1.165) is 24.8 Å². The third-order valence-electron chi connectivity index (χ3n) is 5.05. The molecule has 2 amide bonds. The van der Waals surface area contributed by atoms with Crippen molar-refractivity contribution in [3.05, 3.63) is 35.9 Å². The summed E-state index contributed by atoms with van der Waals surface area (Å²) < 4.78 is 0. The molecule has 2 atom stereocenters. The van der Waals surface area contributed by atoms with E-state index >= 15 is 0 Å². The van der Waals surface area contributed by atoms with Crippen LogP contribution in [0.25, 0.3) is 0 Å². The summed E-state index contributed by atoms with van der Waals surface area (Å²) in [6.45, 7) is 4.55. The minimum Gasteiger partial charge on any atom is -0.396 e. The lowest BCUT2D eigenvalue weighted by molar-refractivity contribution is -0.130. The van der Waals surface area contributed by atoms with Gasteiger partial charge in [-0.05, 0) is 18.4 Å². The Morgan fingerprint density at radius 3 is 2.67 bits per heavy atom. The summed E-state index contributed by atoms with van der Waals surface area (Å²) in [5.41, 5.74) is 0.830. The van der Waals surface area contributed by atoms with Crippen molar-refractivity contribution in [1.82, 2.24) is 10.2 Å². The van der Waals surface area contributed by atoms with Crippen molar-refractivity contribution in [2.75, 3.05) is 13.2 Å². The highest BCUT2D eigenvalue weighted by molar-refractivity contribution is 5.78. The van der Waals surface area contributed by atoms with E-state index in [2.05, 4.69) is 5.32 Å². The second-order valence-electron chi connectivity index (χ2n) is 7.00. The molecule has 0 heterocycles. The summed E-state index contributed by atoms with van der Waals surface area (Å²) in [5.74, 6) is -0.0893. The molecule has 1 fully saturated rings. The van der Waals surface area contributed by atoms with E-state index < -0.39 is 0 Å². The third kappa shape index (κ3) is 4.81. The minimum absolute atomic E-state index is 0.0231. The highest BCUT2D eigenvalue weighted by Crippen LogP contribution is 2.37. The van der Waals surface area contributed by atoms with Crippen LogP contribution in [0.1, 0.15) is 45.1 Å². The lowest BCUT2D eigenvalue weighted by Gasteiger charge is -2.30. The molecule has 1 aromatic carbocycles. The Kier molecular flexibility index (Phi) is 6.37. The Bertz CT molecular complexity index is 561. The fourth-order valence-corrected chi connectivity index (χ4v) is 3.32. The van der Waals surface area contributed by atoms with Gasteiger partial charge in [0, 0.05) is 37.9 Å². The number of nitrogens with one attached hydrogen (secondary N) is 1. The van der Waals surface area contributed by atoms with Crippen LogP contribution >= 0.6 is 0 Å². The number of carbonyl (C=O) groups is 2. The molecule has 1 aliphatic rings. The minimum atomic E-state index is -0.222. The normalized spacial score (nSPS) is 23.0. The van der Waals surface area contributed by atoms with Crippen LogP contribution < -0.4 is 5.32 Å². The predicted molar refractivity (Wildman–Crippen MR) is 93.1 cm³/mol.